The van der Waals surface area contributed by atoms with Crippen LogP contribution in [0.2, 0.25) is 0 Å². The van der Waals surface area contributed by atoms with E-state index in [1.165, 1.54) is 0 Å². The number of carbonyl (C=O) groups excluding carboxylic acids is 3. The van der Waals surface area contributed by atoms with Crippen LogP contribution in [0.3, 0.4) is 0 Å². The highest BCUT2D eigenvalue weighted by Crippen LogP contribution is 2.17. The van der Waals surface area contributed by atoms with Crippen LogP contribution >= 0.6 is 11.8 Å². The number of hydrogen-bond donors (Lipinski definition) is 2. The van der Waals surface area contributed by atoms with Crippen molar-refractivity contribution in [3.63, 3.8) is 0 Å². The number of nitrogens with one attached hydrogen (secondary N) is 2. The van der Waals surface area contributed by atoms with E-state index in [1.54, 1.807) is 11.8 Å². The predicted octanol–water partition coefficient (Wildman–Crippen LogP) is 2.79. The summed E-state index contributed by atoms with van der Waals surface area (Å²) < 4.78 is 5.20. The fourth-order valence-electron chi connectivity index (χ4n) is 2.89. The molecule has 8 heteroatoms. The third kappa shape index (κ3) is 9.66. The maximum atomic E-state index is 13.0. The van der Waals surface area contributed by atoms with Crippen molar-refractivity contribution in [1.82, 2.24) is 15.5 Å². The standard InChI is InChI=1S/C20H37N3O4S/c1-14(2)13-23-11-12-28-15(3)17(24)22-16(18(23)25)9-7-8-10-21-19(26)27-20(4,5)6/h14-16H,7-13H2,1-6H3,(H,21,26)(H,22,24). The second kappa shape index (κ2) is 11.5. The van der Waals surface area contributed by atoms with E-state index in [-0.39, 0.29) is 17.1 Å². The average molecular weight is 416 g/mol. The van der Waals surface area contributed by atoms with Crippen LogP contribution in [0.15, 0.2) is 0 Å². The topological polar surface area (TPSA) is 87.7 Å². The molecule has 1 heterocycles. The van der Waals surface area contributed by atoms with Gasteiger partial charge in [0.1, 0.15) is 11.6 Å². The molecule has 2 unspecified atom stereocenters. The molecule has 0 aromatic carbocycles. The Bertz CT molecular complexity index is 534. The van der Waals surface area contributed by atoms with Crippen LogP contribution in [0, 0.1) is 5.92 Å². The van der Waals surface area contributed by atoms with Gasteiger partial charge in [0.05, 0.1) is 5.25 Å². The number of rotatable bonds is 7. The molecule has 2 atom stereocenters. The molecular formula is C20H37N3O4S. The Balaban J connectivity index is 2.56. The number of carbonyl (C=O) groups is 3. The first-order valence-corrected chi connectivity index (χ1v) is 11.2. The summed E-state index contributed by atoms with van der Waals surface area (Å²) in [5, 5.41) is 5.49. The minimum atomic E-state index is -0.521. The Hall–Kier alpha value is -1.44. The second-order valence-electron chi connectivity index (χ2n) is 8.68. The van der Waals surface area contributed by atoms with Crippen molar-refractivity contribution in [3.8, 4) is 0 Å². The molecule has 1 saturated heterocycles. The lowest BCUT2D eigenvalue weighted by molar-refractivity contribution is -0.136. The summed E-state index contributed by atoms with van der Waals surface area (Å²) in [6, 6.07) is -0.506. The Morgan fingerprint density at radius 1 is 1.32 bits per heavy atom. The van der Waals surface area contributed by atoms with Crippen molar-refractivity contribution in [2.45, 2.75) is 77.7 Å². The summed E-state index contributed by atoms with van der Waals surface area (Å²) in [5.74, 6) is 1.06. The van der Waals surface area contributed by atoms with Crippen LogP contribution in [0.25, 0.3) is 0 Å². The van der Waals surface area contributed by atoms with E-state index in [9.17, 15) is 14.4 Å². The van der Waals surface area contributed by atoms with Gasteiger partial charge >= 0.3 is 6.09 Å². The van der Waals surface area contributed by atoms with Gasteiger partial charge in [-0.05, 0) is 52.9 Å². The molecular weight excluding hydrogens is 378 g/mol. The molecule has 2 N–H and O–H groups in total. The molecule has 28 heavy (non-hydrogen) atoms. The zero-order valence-electron chi connectivity index (χ0n) is 18.2. The molecule has 1 aliphatic rings. The van der Waals surface area contributed by atoms with Crippen molar-refractivity contribution < 1.29 is 19.1 Å². The molecule has 162 valence electrons. The maximum absolute atomic E-state index is 13.0. The molecule has 0 saturated carbocycles. The maximum Gasteiger partial charge on any atom is 0.407 e. The van der Waals surface area contributed by atoms with Gasteiger partial charge < -0.3 is 20.3 Å². The number of amides is 3. The summed E-state index contributed by atoms with van der Waals surface area (Å²) in [4.78, 5) is 38.9. The molecule has 0 aromatic heterocycles. The number of nitrogens with zero attached hydrogens (tertiary/aromatic N) is 1. The summed E-state index contributed by atoms with van der Waals surface area (Å²) in [6.07, 6.45) is 1.57. The van der Waals surface area contributed by atoms with Crippen molar-refractivity contribution >= 4 is 29.7 Å². The van der Waals surface area contributed by atoms with Gasteiger partial charge in [0.25, 0.3) is 0 Å². The number of thioether (sulfide) groups is 1. The normalized spacial score (nSPS) is 21.6. The van der Waals surface area contributed by atoms with Crippen LogP contribution in [0.4, 0.5) is 4.79 Å². The molecule has 0 aliphatic carbocycles. The number of hydrogen-bond acceptors (Lipinski definition) is 5. The third-order valence-corrected chi connectivity index (χ3v) is 5.33. The van der Waals surface area contributed by atoms with Crippen LogP contribution < -0.4 is 10.6 Å². The lowest BCUT2D eigenvalue weighted by Gasteiger charge is -2.28. The second-order valence-corrected chi connectivity index (χ2v) is 10.1. The molecule has 0 aromatic rings. The first-order valence-electron chi connectivity index (χ1n) is 10.2. The van der Waals surface area contributed by atoms with E-state index in [4.69, 9.17) is 4.74 Å². The fraction of sp³-hybridized carbons (Fsp3) is 0.850. The van der Waals surface area contributed by atoms with E-state index in [0.29, 0.717) is 38.4 Å². The van der Waals surface area contributed by atoms with E-state index < -0.39 is 17.7 Å². The zero-order chi connectivity index (χ0) is 21.3. The molecule has 0 bridgehead atoms. The smallest absolute Gasteiger partial charge is 0.407 e. The summed E-state index contributed by atoms with van der Waals surface area (Å²) >= 11 is 1.58. The van der Waals surface area contributed by atoms with Gasteiger partial charge in [-0.25, -0.2) is 4.79 Å². The molecule has 1 rings (SSSR count). The summed E-state index contributed by atoms with van der Waals surface area (Å²) in [5.41, 5.74) is -0.521. The highest BCUT2D eigenvalue weighted by Gasteiger charge is 2.29. The van der Waals surface area contributed by atoms with E-state index in [2.05, 4.69) is 24.5 Å². The Morgan fingerprint density at radius 3 is 2.61 bits per heavy atom. The van der Waals surface area contributed by atoms with Gasteiger partial charge in [-0.15, -0.1) is 11.8 Å². The van der Waals surface area contributed by atoms with Crippen LogP contribution in [0.1, 0.15) is 60.8 Å². The van der Waals surface area contributed by atoms with Crippen LogP contribution in [-0.2, 0) is 14.3 Å². The number of alkyl carbamates (subject to hydrolysis) is 1. The monoisotopic (exact) mass is 415 g/mol. The molecule has 0 spiro atoms. The first kappa shape index (κ1) is 24.6. The Labute approximate surface area is 173 Å². The van der Waals surface area contributed by atoms with Crippen molar-refractivity contribution in [3.05, 3.63) is 0 Å². The summed E-state index contributed by atoms with van der Waals surface area (Å²) in [6.45, 7) is 13.4. The van der Waals surface area contributed by atoms with E-state index >= 15 is 0 Å². The van der Waals surface area contributed by atoms with Gasteiger partial charge in [0.15, 0.2) is 0 Å². The van der Waals surface area contributed by atoms with Crippen LogP contribution in [-0.4, -0.2) is 65.1 Å². The first-order chi connectivity index (χ1) is 13.0. The van der Waals surface area contributed by atoms with E-state index in [0.717, 1.165) is 12.2 Å². The lowest BCUT2D eigenvalue weighted by atomic mass is 10.1. The van der Waals surface area contributed by atoms with Gasteiger partial charge in [-0.3, -0.25) is 9.59 Å². The van der Waals surface area contributed by atoms with Crippen molar-refractivity contribution in [2.24, 2.45) is 5.92 Å². The predicted molar refractivity (Wildman–Crippen MR) is 113 cm³/mol. The van der Waals surface area contributed by atoms with Crippen molar-refractivity contribution in [1.29, 1.82) is 0 Å². The van der Waals surface area contributed by atoms with Gasteiger partial charge in [0, 0.05) is 25.4 Å². The highest BCUT2D eigenvalue weighted by atomic mass is 32.2. The number of unbranched alkanes of at least 4 members (excludes halogenated alkanes) is 1. The van der Waals surface area contributed by atoms with Crippen molar-refractivity contribution in [2.75, 3.05) is 25.4 Å². The quantitative estimate of drug-likeness (QED) is 0.624. The molecule has 1 aliphatic heterocycles. The fourth-order valence-corrected chi connectivity index (χ4v) is 3.79. The molecule has 1 fully saturated rings. The van der Waals surface area contributed by atoms with Gasteiger partial charge in [0.2, 0.25) is 11.8 Å². The SMILES string of the molecule is CC(C)CN1CCSC(C)C(=O)NC(CCCCNC(=O)OC(C)(C)C)C1=O. The highest BCUT2D eigenvalue weighted by molar-refractivity contribution is 8.00. The molecule has 7 nitrogen and oxygen atoms in total. The lowest BCUT2D eigenvalue weighted by Crippen LogP contribution is -2.50. The average Bonchev–Trinajstić information content (AvgIpc) is 2.59. The number of ether oxygens (including phenoxy) is 1. The summed E-state index contributed by atoms with van der Waals surface area (Å²) in [7, 11) is 0. The minimum absolute atomic E-state index is 0.00292. The minimum Gasteiger partial charge on any atom is -0.444 e. The Morgan fingerprint density at radius 2 is 2.00 bits per heavy atom. The van der Waals surface area contributed by atoms with Gasteiger partial charge in [-0.1, -0.05) is 13.8 Å². The van der Waals surface area contributed by atoms with Gasteiger partial charge in [-0.2, -0.15) is 0 Å². The zero-order valence-corrected chi connectivity index (χ0v) is 19.0. The third-order valence-electron chi connectivity index (χ3n) is 4.20. The molecule has 3 amide bonds. The Kier molecular flexibility index (Phi) is 10.1. The molecule has 0 radical (unpaired) electrons. The van der Waals surface area contributed by atoms with Crippen LogP contribution in [0.5, 0.6) is 0 Å². The largest absolute Gasteiger partial charge is 0.444 e. The van der Waals surface area contributed by atoms with E-state index in [1.807, 2.05) is 32.6 Å².